The molecule has 0 bridgehead atoms. The van der Waals surface area contributed by atoms with Crippen molar-refractivity contribution in [2.45, 2.75) is 37.9 Å². The Morgan fingerprint density at radius 2 is 1.84 bits per heavy atom. The van der Waals surface area contributed by atoms with Crippen LogP contribution in [0.5, 0.6) is 0 Å². The van der Waals surface area contributed by atoms with Gasteiger partial charge in [0.25, 0.3) is 0 Å². The van der Waals surface area contributed by atoms with Crippen LogP contribution < -0.4 is 5.32 Å². The van der Waals surface area contributed by atoms with Crippen LogP contribution in [-0.2, 0) is 10.9 Å². The Bertz CT molecular complexity index is 987. The van der Waals surface area contributed by atoms with Gasteiger partial charge in [-0.05, 0) is 61.6 Å². The zero-order valence-electron chi connectivity index (χ0n) is 19.7. The number of ether oxygens (including phenoxy) is 1. The first-order valence-corrected chi connectivity index (χ1v) is 11.2. The van der Waals surface area contributed by atoms with Gasteiger partial charge in [-0.2, -0.15) is 13.2 Å². The highest BCUT2D eigenvalue weighted by Gasteiger charge is 2.41. The van der Waals surface area contributed by atoms with E-state index in [1.54, 1.807) is 6.07 Å². The number of nitrogens with one attached hydrogen (secondary N) is 1. The minimum absolute atomic E-state index is 0.0143. The molecule has 6 nitrogen and oxygen atoms in total. The van der Waals surface area contributed by atoms with Crippen molar-refractivity contribution in [1.29, 1.82) is 0 Å². The monoisotopic (exact) mass is 449 g/mol. The van der Waals surface area contributed by atoms with Crippen molar-refractivity contribution in [1.82, 2.24) is 20.1 Å². The third kappa shape index (κ3) is 4.73. The summed E-state index contributed by atoms with van der Waals surface area (Å²) in [6.07, 6.45) is 1.13. The Hall–Kier alpha value is -2.26. The van der Waals surface area contributed by atoms with E-state index in [-0.39, 0.29) is 23.2 Å². The van der Waals surface area contributed by atoms with Crippen molar-refractivity contribution in [2.75, 3.05) is 38.1 Å². The SMILES string of the molecule is [2H]C([2H])(C1CCOCC1)N1C[C@H]2CC(Nc3ccc(-c4cnccc4C(F)(F)F)nn3)C[C@H]2C1. The summed E-state index contributed by atoms with van der Waals surface area (Å²) in [6.45, 7) is 1.46. The summed E-state index contributed by atoms with van der Waals surface area (Å²) in [5.74, 6) is 1.38. The first kappa shape index (κ1) is 19.2. The predicted molar refractivity (Wildman–Crippen MR) is 114 cm³/mol. The Morgan fingerprint density at radius 1 is 1.09 bits per heavy atom. The highest BCUT2D eigenvalue weighted by atomic mass is 19.4. The summed E-state index contributed by atoms with van der Waals surface area (Å²) in [5.41, 5.74) is -0.755. The molecule has 2 aliphatic heterocycles. The Kier molecular flexibility index (Phi) is 5.37. The molecule has 0 spiro atoms. The van der Waals surface area contributed by atoms with E-state index < -0.39 is 18.2 Å². The second-order valence-corrected chi connectivity index (χ2v) is 8.98. The van der Waals surface area contributed by atoms with E-state index in [0.717, 1.165) is 57.2 Å². The lowest BCUT2D eigenvalue weighted by Crippen LogP contribution is -2.32. The summed E-state index contributed by atoms with van der Waals surface area (Å²) in [5, 5.41) is 11.5. The van der Waals surface area contributed by atoms with E-state index in [2.05, 4.69) is 20.5 Å². The van der Waals surface area contributed by atoms with Crippen molar-refractivity contribution in [3.8, 4) is 11.3 Å². The molecular formula is C23H28F3N5O. The fourth-order valence-corrected chi connectivity index (χ4v) is 5.22. The average molecular weight is 450 g/mol. The molecule has 2 aromatic rings. The maximum absolute atomic E-state index is 13.3. The molecule has 2 aromatic heterocycles. The minimum atomic E-state index is -4.49. The lowest BCUT2D eigenvalue weighted by molar-refractivity contribution is -0.137. The van der Waals surface area contributed by atoms with Gasteiger partial charge in [-0.25, -0.2) is 0 Å². The molecule has 0 radical (unpaired) electrons. The zero-order chi connectivity index (χ0) is 23.9. The van der Waals surface area contributed by atoms with Crippen LogP contribution in [0.1, 0.15) is 34.0 Å². The van der Waals surface area contributed by atoms with E-state index in [1.807, 2.05) is 4.90 Å². The molecule has 3 fully saturated rings. The van der Waals surface area contributed by atoms with Crippen LogP contribution in [0.4, 0.5) is 19.0 Å². The number of alkyl halides is 3. The smallest absolute Gasteiger partial charge is 0.381 e. The molecule has 9 heteroatoms. The van der Waals surface area contributed by atoms with Crippen molar-refractivity contribution < 1.29 is 20.6 Å². The maximum Gasteiger partial charge on any atom is 0.417 e. The van der Waals surface area contributed by atoms with Crippen LogP contribution in [0.25, 0.3) is 11.3 Å². The largest absolute Gasteiger partial charge is 0.417 e. The predicted octanol–water partition coefficient (Wildman–Crippen LogP) is 4.11. The first-order chi connectivity index (χ1) is 16.2. The van der Waals surface area contributed by atoms with Crippen LogP contribution in [-0.4, -0.2) is 58.9 Å². The van der Waals surface area contributed by atoms with E-state index in [4.69, 9.17) is 7.48 Å². The number of aromatic nitrogens is 3. The van der Waals surface area contributed by atoms with Gasteiger partial charge in [0.05, 0.1) is 11.3 Å². The Morgan fingerprint density at radius 3 is 2.50 bits per heavy atom. The van der Waals surface area contributed by atoms with Gasteiger partial charge in [0, 0.05) is 59.5 Å². The molecule has 172 valence electrons. The van der Waals surface area contributed by atoms with Crippen LogP contribution in [0.2, 0.25) is 0 Å². The molecule has 1 unspecified atom stereocenters. The third-order valence-electron chi connectivity index (χ3n) is 6.76. The Labute approximate surface area is 188 Å². The summed E-state index contributed by atoms with van der Waals surface area (Å²) in [4.78, 5) is 5.83. The summed E-state index contributed by atoms with van der Waals surface area (Å²) in [6, 6.07) is 4.31. The van der Waals surface area contributed by atoms with Crippen LogP contribution in [0.3, 0.4) is 0 Å². The van der Waals surface area contributed by atoms with Crippen molar-refractivity contribution in [3.05, 3.63) is 36.2 Å². The molecule has 0 aromatic carbocycles. The molecule has 1 aliphatic carbocycles. The number of nitrogens with zero attached hydrogens (tertiary/aromatic N) is 4. The van der Waals surface area contributed by atoms with Gasteiger partial charge in [0.2, 0.25) is 0 Å². The van der Waals surface area contributed by atoms with Gasteiger partial charge in [-0.1, -0.05) is 0 Å². The van der Waals surface area contributed by atoms with Crippen molar-refractivity contribution in [3.63, 3.8) is 0 Å². The maximum atomic E-state index is 13.3. The highest BCUT2D eigenvalue weighted by molar-refractivity contribution is 5.63. The molecule has 32 heavy (non-hydrogen) atoms. The lowest BCUT2D eigenvalue weighted by Gasteiger charge is -2.27. The van der Waals surface area contributed by atoms with Gasteiger partial charge < -0.3 is 15.0 Å². The third-order valence-corrected chi connectivity index (χ3v) is 6.76. The normalized spacial score (nSPS) is 28.3. The standard InChI is InChI=1S/C23H28F3N5O/c24-23(25,26)20-3-6-27-11-19(20)21-1-2-22(30-29-21)28-18-9-16-13-31(14-17(16)10-18)12-15-4-7-32-8-5-15/h1-3,6,11,15-18H,4-5,7-10,12-14H2,(H,28,30)/t16-,17+,18?/i12D2. The molecule has 1 saturated carbocycles. The average Bonchev–Trinajstić information content (AvgIpc) is 3.39. The highest BCUT2D eigenvalue weighted by Crippen LogP contribution is 2.40. The van der Waals surface area contributed by atoms with E-state index >= 15 is 0 Å². The van der Waals surface area contributed by atoms with Crippen molar-refractivity contribution in [2.24, 2.45) is 17.8 Å². The minimum Gasteiger partial charge on any atom is -0.381 e. The van der Waals surface area contributed by atoms with Crippen molar-refractivity contribution >= 4 is 5.82 Å². The van der Waals surface area contributed by atoms with E-state index in [0.29, 0.717) is 30.9 Å². The molecule has 5 rings (SSSR count). The van der Waals surface area contributed by atoms with Crippen LogP contribution in [0, 0.1) is 17.8 Å². The van der Waals surface area contributed by atoms with Gasteiger partial charge in [0.15, 0.2) is 0 Å². The van der Waals surface area contributed by atoms with Gasteiger partial charge in [-0.15, -0.1) is 10.2 Å². The molecule has 3 atom stereocenters. The summed E-state index contributed by atoms with van der Waals surface area (Å²) >= 11 is 0. The molecular weight excluding hydrogens is 419 g/mol. The second-order valence-electron chi connectivity index (χ2n) is 8.98. The number of rotatable bonds is 5. The fraction of sp³-hybridized carbons (Fsp3) is 0.609. The number of hydrogen-bond acceptors (Lipinski definition) is 6. The summed E-state index contributed by atoms with van der Waals surface area (Å²) in [7, 11) is 0. The first-order valence-electron chi connectivity index (χ1n) is 12.2. The zero-order valence-corrected chi connectivity index (χ0v) is 17.7. The number of pyridine rings is 1. The molecule has 4 heterocycles. The van der Waals surface area contributed by atoms with Gasteiger partial charge >= 0.3 is 6.18 Å². The number of anilines is 1. The molecule has 3 aliphatic rings. The number of likely N-dealkylation sites (tertiary alicyclic amines) is 1. The summed E-state index contributed by atoms with van der Waals surface area (Å²) < 4.78 is 62.6. The van der Waals surface area contributed by atoms with E-state index in [9.17, 15) is 13.2 Å². The lowest BCUT2D eigenvalue weighted by atomic mass is 10.00. The van der Waals surface area contributed by atoms with Gasteiger partial charge in [0.1, 0.15) is 5.82 Å². The second kappa shape index (κ2) is 8.94. The van der Waals surface area contributed by atoms with E-state index in [1.165, 1.54) is 6.07 Å². The van der Waals surface area contributed by atoms with Gasteiger partial charge in [-0.3, -0.25) is 4.98 Å². The fourth-order valence-electron chi connectivity index (χ4n) is 5.22. The number of hydrogen-bond donors (Lipinski definition) is 1. The number of halogens is 3. The van der Waals surface area contributed by atoms with Crippen LogP contribution >= 0.6 is 0 Å². The molecule has 1 N–H and O–H groups in total. The molecule has 2 saturated heterocycles. The Balaban J connectivity index is 1.19. The topological polar surface area (TPSA) is 63.2 Å². The number of fused-ring (bicyclic) bond motifs is 1. The molecule has 0 amide bonds. The quantitative estimate of drug-likeness (QED) is 0.742. The van der Waals surface area contributed by atoms with Crippen LogP contribution in [0.15, 0.2) is 30.6 Å².